The average Bonchev–Trinajstić information content (AvgIpc) is 2.01. The molecule has 14 heavy (non-hydrogen) atoms. The van der Waals surface area contributed by atoms with Gasteiger partial charge in [-0.15, -0.1) is 0 Å². The van der Waals surface area contributed by atoms with Crippen molar-refractivity contribution in [2.24, 2.45) is 0 Å². The molecule has 4 heteroatoms. The van der Waals surface area contributed by atoms with E-state index < -0.39 is 11.7 Å². The summed E-state index contributed by atoms with van der Waals surface area (Å²) in [5.74, 6) is 0.149. The highest BCUT2D eigenvalue weighted by atomic mass is 19.4. The van der Waals surface area contributed by atoms with E-state index in [0.717, 1.165) is 6.07 Å². The third kappa shape index (κ3) is 2.25. The minimum atomic E-state index is -4.30. The Morgan fingerprint density at radius 1 is 1.21 bits per heavy atom. The lowest BCUT2D eigenvalue weighted by Crippen LogP contribution is -2.10. The lowest BCUT2D eigenvalue weighted by molar-refractivity contribution is -0.138. The molecule has 0 amide bonds. The minimum absolute atomic E-state index is 0.0451. The van der Waals surface area contributed by atoms with Crippen molar-refractivity contribution in [1.82, 2.24) is 4.98 Å². The second kappa shape index (κ2) is 3.59. The predicted octanol–water partition coefficient (Wildman–Crippen LogP) is 3.53. The molecular weight excluding hydrogens is 191 g/mol. The quantitative estimate of drug-likeness (QED) is 0.680. The average molecular weight is 203 g/mol. The van der Waals surface area contributed by atoms with Crippen LogP contribution in [0.2, 0.25) is 0 Å². The minimum Gasteiger partial charge on any atom is -0.257 e. The molecule has 1 aromatic heterocycles. The van der Waals surface area contributed by atoms with Gasteiger partial charge < -0.3 is 0 Å². The van der Waals surface area contributed by atoms with Crippen molar-refractivity contribution in [3.8, 4) is 0 Å². The summed E-state index contributed by atoms with van der Waals surface area (Å²) in [5.41, 5.74) is 0.0844. The smallest absolute Gasteiger partial charge is 0.257 e. The number of pyridine rings is 1. The summed E-state index contributed by atoms with van der Waals surface area (Å²) in [6, 6.07) is 2.53. The van der Waals surface area contributed by atoms with Crippen molar-refractivity contribution in [3.05, 3.63) is 29.1 Å². The summed E-state index contributed by atoms with van der Waals surface area (Å²) in [6.45, 7) is 5.18. The molecule has 0 bridgehead atoms. The SMILES string of the molecule is Cc1nc(C(C)C)ccc1C(F)(F)F. The van der Waals surface area contributed by atoms with Crippen LogP contribution in [-0.2, 0) is 6.18 Å². The zero-order valence-electron chi connectivity index (χ0n) is 8.31. The Morgan fingerprint density at radius 2 is 1.79 bits per heavy atom. The fraction of sp³-hybridized carbons (Fsp3) is 0.500. The standard InChI is InChI=1S/C10H12F3N/c1-6(2)9-5-4-8(7(3)14-9)10(11,12)13/h4-6H,1-3H3. The Hall–Kier alpha value is -1.06. The van der Waals surface area contributed by atoms with Crippen molar-refractivity contribution in [3.63, 3.8) is 0 Å². The summed E-state index contributed by atoms with van der Waals surface area (Å²) in [4.78, 5) is 3.92. The Kier molecular flexibility index (Phi) is 2.83. The van der Waals surface area contributed by atoms with Crippen LogP contribution < -0.4 is 0 Å². The van der Waals surface area contributed by atoms with E-state index in [4.69, 9.17) is 0 Å². The number of halogens is 3. The maximum atomic E-state index is 12.3. The third-order valence-corrected chi connectivity index (χ3v) is 2.00. The molecule has 1 rings (SSSR count). The molecule has 0 aliphatic rings. The van der Waals surface area contributed by atoms with E-state index in [-0.39, 0.29) is 11.6 Å². The Bertz CT molecular complexity index is 329. The normalized spacial score (nSPS) is 12.2. The highest BCUT2D eigenvalue weighted by molar-refractivity contribution is 5.25. The molecule has 0 fully saturated rings. The molecule has 0 unspecified atom stereocenters. The van der Waals surface area contributed by atoms with Crippen molar-refractivity contribution < 1.29 is 13.2 Å². The van der Waals surface area contributed by atoms with Crippen LogP contribution >= 0.6 is 0 Å². The molecular formula is C10H12F3N. The summed E-state index contributed by atoms with van der Waals surface area (Å²) in [5, 5.41) is 0. The highest BCUT2D eigenvalue weighted by Gasteiger charge is 2.32. The van der Waals surface area contributed by atoms with Gasteiger partial charge >= 0.3 is 6.18 Å². The molecule has 0 radical (unpaired) electrons. The molecule has 1 nitrogen and oxygen atoms in total. The van der Waals surface area contributed by atoms with Gasteiger partial charge in [-0.05, 0) is 25.0 Å². The van der Waals surface area contributed by atoms with E-state index in [9.17, 15) is 13.2 Å². The summed E-state index contributed by atoms with van der Waals surface area (Å²) < 4.78 is 37.0. The first-order chi connectivity index (χ1) is 6.32. The molecule has 0 aliphatic carbocycles. The zero-order valence-corrected chi connectivity index (χ0v) is 8.31. The number of aryl methyl sites for hydroxylation is 1. The van der Waals surface area contributed by atoms with E-state index in [1.165, 1.54) is 13.0 Å². The van der Waals surface area contributed by atoms with Crippen molar-refractivity contribution in [1.29, 1.82) is 0 Å². The fourth-order valence-corrected chi connectivity index (χ4v) is 1.20. The van der Waals surface area contributed by atoms with Gasteiger partial charge in [0.2, 0.25) is 0 Å². The van der Waals surface area contributed by atoms with Crippen molar-refractivity contribution in [2.75, 3.05) is 0 Å². The lowest BCUT2D eigenvalue weighted by atomic mass is 10.1. The molecule has 0 saturated heterocycles. The molecule has 0 N–H and O–H groups in total. The molecule has 78 valence electrons. The molecule has 0 spiro atoms. The highest BCUT2D eigenvalue weighted by Crippen LogP contribution is 2.31. The van der Waals surface area contributed by atoms with E-state index >= 15 is 0 Å². The van der Waals surface area contributed by atoms with E-state index in [0.29, 0.717) is 5.69 Å². The molecule has 1 heterocycles. The number of hydrogen-bond acceptors (Lipinski definition) is 1. The first kappa shape index (κ1) is 11.0. The van der Waals surface area contributed by atoms with Crippen LogP contribution in [0, 0.1) is 6.92 Å². The van der Waals surface area contributed by atoms with E-state index in [1.54, 1.807) is 0 Å². The van der Waals surface area contributed by atoms with Crippen molar-refractivity contribution in [2.45, 2.75) is 32.9 Å². The van der Waals surface area contributed by atoms with Crippen LogP contribution in [0.1, 0.15) is 36.7 Å². The number of hydrogen-bond donors (Lipinski definition) is 0. The second-order valence-corrected chi connectivity index (χ2v) is 3.52. The Labute approximate surface area is 81.0 Å². The van der Waals surface area contributed by atoms with Crippen molar-refractivity contribution >= 4 is 0 Å². The maximum Gasteiger partial charge on any atom is 0.418 e. The first-order valence-corrected chi connectivity index (χ1v) is 4.37. The fourth-order valence-electron chi connectivity index (χ4n) is 1.20. The summed E-state index contributed by atoms with van der Waals surface area (Å²) in [7, 11) is 0. The maximum absolute atomic E-state index is 12.3. The van der Waals surface area contributed by atoms with Gasteiger partial charge in [-0.2, -0.15) is 13.2 Å². The van der Waals surface area contributed by atoms with Gasteiger partial charge in [0.25, 0.3) is 0 Å². The van der Waals surface area contributed by atoms with Gasteiger partial charge in [0, 0.05) is 11.4 Å². The largest absolute Gasteiger partial charge is 0.418 e. The van der Waals surface area contributed by atoms with Crippen LogP contribution in [0.3, 0.4) is 0 Å². The van der Waals surface area contributed by atoms with E-state index in [1.807, 2.05) is 13.8 Å². The van der Waals surface area contributed by atoms with Gasteiger partial charge in [0.05, 0.1) is 5.56 Å². The molecule has 1 aromatic rings. The van der Waals surface area contributed by atoms with Crippen LogP contribution in [0.4, 0.5) is 13.2 Å². The van der Waals surface area contributed by atoms with Crippen LogP contribution in [0.25, 0.3) is 0 Å². The zero-order chi connectivity index (χ0) is 10.9. The predicted molar refractivity (Wildman–Crippen MR) is 48.1 cm³/mol. The summed E-state index contributed by atoms with van der Waals surface area (Å²) >= 11 is 0. The van der Waals surface area contributed by atoms with Gasteiger partial charge in [-0.3, -0.25) is 4.98 Å². The number of aromatic nitrogens is 1. The second-order valence-electron chi connectivity index (χ2n) is 3.52. The molecule has 0 atom stereocenters. The number of rotatable bonds is 1. The van der Waals surface area contributed by atoms with Gasteiger partial charge in [-0.1, -0.05) is 13.8 Å². The molecule has 0 aromatic carbocycles. The van der Waals surface area contributed by atoms with Crippen LogP contribution in [0.15, 0.2) is 12.1 Å². The summed E-state index contributed by atoms with van der Waals surface area (Å²) in [6.07, 6.45) is -4.30. The van der Waals surface area contributed by atoms with Gasteiger partial charge in [0.1, 0.15) is 0 Å². The van der Waals surface area contributed by atoms with Gasteiger partial charge in [0.15, 0.2) is 0 Å². The molecule has 0 aliphatic heterocycles. The lowest BCUT2D eigenvalue weighted by Gasteiger charge is -2.11. The Balaban J connectivity index is 3.15. The monoisotopic (exact) mass is 203 g/mol. The van der Waals surface area contributed by atoms with Gasteiger partial charge in [-0.25, -0.2) is 0 Å². The topological polar surface area (TPSA) is 12.9 Å². The number of alkyl halides is 3. The van der Waals surface area contributed by atoms with Crippen LogP contribution in [0.5, 0.6) is 0 Å². The van der Waals surface area contributed by atoms with Crippen LogP contribution in [-0.4, -0.2) is 4.98 Å². The van der Waals surface area contributed by atoms with E-state index in [2.05, 4.69) is 4.98 Å². The third-order valence-electron chi connectivity index (χ3n) is 2.00. The number of nitrogens with zero attached hydrogens (tertiary/aromatic N) is 1. The molecule has 0 saturated carbocycles. The first-order valence-electron chi connectivity index (χ1n) is 4.37. The Morgan fingerprint density at radius 3 is 2.14 bits per heavy atom.